The van der Waals surface area contributed by atoms with E-state index >= 15 is 0 Å². The van der Waals surface area contributed by atoms with Crippen LogP contribution in [0.3, 0.4) is 0 Å². The normalized spacial score (nSPS) is 31.6. The van der Waals surface area contributed by atoms with Crippen LogP contribution in [0.1, 0.15) is 57.1 Å². The predicted octanol–water partition coefficient (Wildman–Crippen LogP) is 3.65. The van der Waals surface area contributed by atoms with Crippen LogP contribution in [-0.2, 0) is 0 Å². The number of rotatable bonds is 5. The van der Waals surface area contributed by atoms with Crippen LogP contribution in [0.2, 0.25) is 0 Å². The van der Waals surface area contributed by atoms with E-state index in [9.17, 15) is 0 Å². The van der Waals surface area contributed by atoms with E-state index in [0.29, 0.717) is 12.1 Å². The third kappa shape index (κ3) is 3.07. The van der Waals surface area contributed by atoms with Crippen molar-refractivity contribution in [1.82, 2.24) is 10.6 Å². The molecule has 1 saturated carbocycles. The Morgan fingerprint density at radius 2 is 2.00 bits per heavy atom. The monoisotopic (exact) mass is 272 g/mol. The lowest BCUT2D eigenvalue weighted by Crippen LogP contribution is -2.43. The minimum absolute atomic E-state index is 0.517. The Kier molecular flexibility index (Phi) is 4.74. The maximum atomic E-state index is 3.97. The minimum Gasteiger partial charge on any atom is -0.314 e. The molecule has 0 spiro atoms. The molecule has 1 aliphatic carbocycles. The van der Waals surface area contributed by atoms with Crippen LogP contribution in [0.15, 0.2) is 30.3 Å². The molecule has 2 fully saturated rings. The molecule has 1 aromatic rings. The van der Waals surface area contributed by atoms with Crippen LogP contribution < -0.4 is 10.6 Å². The van der Waals surface area contributed by atoms with Gasteiger partial charge in [-0.3, -0.25) is 0 Å². The molecule has 1 aliphatic heterocycles. The van der Waals surface area contributed by atoms with Gasteiger partial charge in [0.25, 0.3) is 0 Å². The largest absolute Gasteiger partial charge is 0.314 e. The lowest BCUT2D eigenvalue weighted by Gasteiger charge is -2.30. The zero-order valence-electron chi connectivity index (χ0n) is 12.6. The van der Waals surface area contributed by atoms with Crippen LogP contribution in [0.4, 0.5) is 0 Å². The highest BCUT2D eigenvalue weighted by Gasteiger charge is 2.35. The van der Waals surface area contributed by atoms with Gasteiger partial charge in [-0.25, -0.2) is 0 Å². The summed E-state index contributed by atoms with van der Waals surface area (Å²) in [6, 6.07) is 12.9. The third-order valence-corrected chi connectivity index (χ3v) is 5.21. The highest BCUT2D eigenvalue weighted by molar-refractivity contribution is 5.19. The summed E-state index contributed by atoms with van der Waals surface area (Å²) in [5.74, 6) is 0.843. The molecule has 4 atom stereocenters. The topological polar surface area (TPSA) is 24.1 Å². The second-order valence-electron chi connectivity index (χ2n) is 6.44. The second-order valence-corrected chi connectivity index (χ2v) is 6.44. The molecular weight excluding hydrogens is 244 g/mol. The van der Waals surface area contributed by atoms with Crippen molar-refractivity contribution >= 4 is 0 Å². The first-order valence-electron chi connectivity index (χ1n) is 8.43. The SMILES string of the molecule is CCC(NC1CCCC1C1CCCN1)c1ccccc1. The molecule has 1 aromatic carbocycles. The molecule has 2 N–H and O–H groups in total. The average Bonchev–Trinajstić information content (AvgIpc) is 3.16. The Hall–Kier alpha value is -0.860. The summed E-state index contributed by atoms with van der Waals surface area (Å²) in [6.45, 7) is 3.52. The van der Waals surface area contributed by atoms with E-state index < -0.39 is 0 Å². The fourth-order valence-corrected chi connectivity index (χ4v) is 4.15. The minimum atomic E-state index is 0.517. The van der Waals surface area contributed by atoms with Crippen LogP contribution in [0, 0.1) is 5.92 Å². The average molecular weight is 272 g/mol. The molecule has 2 heteroatoms. The fraction of sp³-hybridized carbons (Fsp3) is 0.667. The molecule has 1 saturated heterocycles. The van der Waals surface area contributed by atoms with Gasteiger partial charge in [0, 0.05) is 18.1 Å². The lowest BCUT2D eigenvalue weighted by atomic mass is 9.91. The van der Waals surface area contributed by atoms with Crippen LogP contribution in [-0.4, -0.2) is 18.6 Å². The Bertz CT molecular complexity index is 397. The molecular formula is C18H28N2. The Balaban J connectivity index is 1.65. The summed E-state index contributed by atoms with van der Waals surface area (Å²) >= 11 is 0. The van der Waals surface area contributed by atoms with Crippen molar-refractivity contribution in [2.24, 2.45) is 5.92 Å². The first-order chi connectivity index (χ1) is 9.88. The zero-order valence-corrected chi connectivity index (χ0v) is 12.6. The van der Waals surface area contributed by atoms with Crippen LogP contribution >= 0.6 is 0 Å². The van der Waals surface area contributed by atoms with E-state index in [-0.39, 0.29) is 0 Å². The summed E-state index contributed by atoms with van der Waals surface area (Å²) in [4.78, 5) is 0. The molecule has 20 heavy (non-hydrogen) atoms. The highest BCUT2D eigenvalue weighted by atomic mass is 15.0. The van der Waals surface area contributed by atoms with E-state index in [0.717, 1.165) is 12.0 Å². The van der Waals surface area contributed by atoms with Gasteiger partial charge in [-0.05, 0) is 50.1 Å². The summed E-state index contributed by atoms with van der Waals surface area (Å²) in [5, 5.41) is 7.69. The standard InChI is InChI=1S/C18H28N2/c1-2-16(14-8-4-3-5-9-14)20-18-11-6-10-15(18)17-12-7-13-19-17/h3-5,8-9,15-20H,2,6-7,10-13H2,1H3. The van der Waals surface area contributed by atoms with Crippen molar-refractivity contribution in [2.75, 3.05) is 6.54 Å². The van der Waals surface area contributed by atoms with Gasteiger partial charge in [0.2, 0.25) is 0 Å². The third-order valence-electron chi connectivity index (χ3n) is 5.21. The van der Waals surface area contributed by atoms with E-state index in [1.807, 2.05) is 0 Å². The Morgan fingerprint density at radius 1 is 1.15 bits per heavy atom. The molecule has 0 amide bonds. The molecule has 2 nitrogen and oxygen atoms in total. The molecule has 3 rings (SSSR count). The van der Waals surface area contributed by atoms with Gasteiger partial charge in [0.05, 0.1) is 0 Å². The van der Waals surface area contributed by atoms with E-state index in [2.05, 4.69) is 47.9 Å². The Morgan fingerprint density at radius 3 is 2.70 bits per heavy atom. The molecule has 0 aromatic heterocycles. The first-order valence-corrected chi connectivity index (χ1v) is 8.43. The summed E-state index contributed by atoms with van der Waals surface area (Å²) < 4.78 is 0. The first kappa shape index (κ1) is 14.1. The van der Waals surface area contributed by atoms with Gasteiger partial charge < -0.3 is 10.6 Å². The second kappa shape index (κ2) is 6.73. The predicted molar refractivity (Wildman–Crippen MR) is 84.8 cm³/mol. The van der Waals surface area contributed by atoms with Crippen molar-refractivity contribution in [2.45, 2.75) is 63.6 Å². The Labute approximate surface area is 123 Å². The van der Waals surface area contributed by atoms with E-state index in [1.165, 1.54) is 50.6 Å². The van der Waals surface area contributed by atoms with Crippen LogP contribution in [0.5, 0.6) is 0 Å². The van der Waals surface area contributed by atoms with Gasteiger partial charge in [0.1, 0.15) is 0 Å². The van der Waals surface area contributed by atoms with Gasteiger partial charge in [0.15, 0.2) is 0 Å². The molecule has 2 aliphatic rings. The van der Waals surface area contributed by atoms with Gasteiger partial charge in [-0.15, -0.1) is 0 Å². The van der Waals surface area contributed by atoms with Crippen molar-refractivity contribution < 1.29 is 0 Å². The van der Waals surface area contributed by atoms with Crippen molar-refractivity contribution in [3.05, 3.63) is 35.9 Å². The summed E-state index contributed by atoms with van der Waals surface area (Å²) in [5.41, 5.74) is 1.44. The molecule has 0 radical (unpaired) electrons. The van der Waals surface area contributed by atoms with Crippen molar-refractivity contribution in [1.29, 1.82) is 0 Å². The summed E-state index contributed by atoms with van der Waals surface area (Å²) in [7, 11) is 0. The smallest absolute Gasteiger partial charge is 0.0320 e. The molecule has 4 unspecified atom stereocenters. The fourth-order valence-electron chi connectivity index (χ4n) is 4.15. The van der Waals surface area contributed by atoms with Gasteiger partial charge in [-0.2, -0.15) is 0 Å². The highest BCUT2D eigenvalue weighted by Crippen LogP contribution is 2.33. The number of hydrogen-bond acceptors (Lipinski definition) is 2. The van der Waals surface area contributed by atoms with E-state index in [1.54, 1.807) is 0 Å². The summed E-state index contributed by atoms with van der Waals surface area (Å²) in [6.07, 6.45) is 8.07. The molecule has 110 valence electrons. The van der Waals surface area contributed by atoms with Crippen molar-refractivity contribution in [3.8, 4) is 0 Å². The van der Waals surface area contributed by atoms with Gasteiger partial charge >= 0.3 is 0 Å². The lowest BCUT2D eigenvalue weighted by molar-refractivity contribution is 0.295. The van der Waals surface area contributed by atoms with Crippen LogP contribution in [0.25, 0.3) is 0 Å². The number of hydrogen-bond donors (Lipinski definition) is 2. The van der Waals surface area contributed by atoms with Crippen molar-refractivity contribution in [3.63, 3.8) is 0 Å². The maximum Gasteiger partial charge on any atom is 0.0320 e. The zero-order chi connectivity index (χ0) is 13.8. The van der Waals surface area contributed by atoms with Gasteiger partial charge in [-0.1, -0.05) is 43.7 Å². The quantitative estimate of drug-likeness (QED) is 0.855. The maximum absolute atomic E-state index is 3.97. The number of nitrogens with one attached hydrogen (secondary N) is 2. The molecule has 0 bridgehead atoms. The number of benzene rings is 1. The molecule has 1 heterocycles. The van der Waals surface area contributed by atoms with E-state index in [4.69, 9.17) is 0 Å².